The van der Waals surface area contributed by atoms with E-state index in [0.29, 0.717) is 25.3 Å². The van der Waals surface area contributed by atoms with Gasteiger partial charge >= 0.3 is 5.97 Å². The number of carboxylic acid groups (broad SMARTS) is 1. The molecule has 3 aliphatic rings. The molecule has 4 rings (SSSR count). The Kier molecular flexibility index (Phi) is 3.18. The van der Waals surface area contributed by atoms with Crippen LogP contribution in [-0.4, -0.2) is 41.6 Å². The molecule has 2 fully saturated rings. The zero-order chi connectivity index (χ0) is 16.0. The Balaban J connectivity index is 1.44. The van der Waals surface area contributed by atoms with Crippen LogP contribution in [0.25, 0.3) is 6.08 Å². The number of piperidine rings is 1. The Morgan fingerprint density at radius 3 is 2.65 bits per heavy atom. The van der Waals surface area contributed by atoms with Crippen molar-refractivity contribution in [2.24, 2.45) is 11.3 Å². The van der Waals surface area contributed by atoms with Gasteiger partial charge in [0.05, 0.1) is 11.5 Å². The maximum atomic E-state index is 12.7. The number of amides is 1. The fraction of sp³-hybridized carbons (Fsp3) is 0.444. The van der Waals surface area contributed by atoms with Gasteiger partial charge in [0.1, 0.15) is 12.4 Å². The van der Waals surface area contributed by atoms with Crippen LogP contribution in [-0.2, 0) is 9.59 Å². The predicted molar refractivity (Wildman–Crippen MR) is 83.9 cm³/mol. The second kappa shape index (κ2) is 5.11. The lowest BCUT2D eigenvalue weighted by atomic mass is 9.90. The van der Waals surface area contributed by atoms with E-state index in [-0.39, 0.29) is 17.2 Å². The van der Waals surface area contributed by atoms with Gasteiger partial charge in [0.25, 0.3) is 5.91 Å². The third-order valence-electron chi connectivity index (χ3n) is 5.44. The summed E-state index contributed by atoms with van der Waals surface area (Å²) in [5.41, 5.74) is 1.56. The lowest BCUT2D eigenvalue weighted by Gasteiger charge is -2.33. The van der Waals surface area contributed by atoms with Crippen LogP contribution in [0.3, 0.4) is 0 Å². The third kappa shape index (κ3) is 2.40. The molecule has 1 spiro atoms. The second-order valence-corrected chi connectivity index (χ2v) is 6.75. The molecule has 0 aromatic heterocycles. The summed E-state index contributed by atoms with van der Waals surface area (Å²) in [4.78, 5) is 25.6. The number of nitrogens with zero attached hydrogens (tertiary/aromatic N) is 1. The lowest BCUT2D eigenvalue weighted by Crippen LogP contribution is -2.41. The van der Waals surface area contributed by atoms with E-state index in [1.54, 1.807) is 0 Å². The highest BCUT2D eigenvalue weighted by Gasteiger charge is 2.59. The number of rotatable bonds is 2. The van der Waals surface area contributed by atoms with Crippen molar-refractivity contribution in [3.8, 4) is 5.75 Å². The SMILES string of the molecule is O=C(O)C1CC12CCN(C(=O)C1=Cc3ccccc3OC1)CC2. The van der Waals surface area contributed by atoms with Gasteiger partial charge < -0.3 is 14.7 Å². The smallest absolute Gasteiger partial charge is 0.307 e. The monoisotopic (exact) mass is 313 g/mol. The molecule has 1 atom stereocenters. The number of carboxylic acids is 1. The number of ether oxygens (including phenoxy) is 1. The summed E-state index contributed by atoms with van der Waals surface area (Å²) in [7, 11) is 0. The van der Waals surface area contributed by atoms with Gasteiger partial charge in [-0.25, -0.2) is 0 Å². The number of fused-ring (bicyclic) bond motifs is 1. The molecule has 0 radical (unpaired) electrons. The first kappa shape index (κ1) is 14.3. The van der Waals surface area contributed by atoms with E-state index in [2.05, 4.69) is 0 Å². The maximum absolute atomic E-state index is 12.7. The summed E-state index contributed by atoms with van der Waals surface area (Å²) in [5, 5.41) is 9.14. The molecule has 1 N–H and O–H groups in total. The van der Waals surface area contributed by atoms with Gasteiger partial charge in [-0.2, -0.15) is 0 Å². The number of benzene rings is 1. The van der Waals surface area contributed by atoms with Crippen LogP contribution in [0.15, 0.2) is 29.8 Å². The number of hydrogen-bond donors (Lipinski definition) is 1. The van der Waals surface area contributed by atoms with E-state index in [9.17, 15) is 9.59 Å². The Morgan fingerprint density at radius 2 is 1.96 bits per heavy atom. The first-order valence-corrected chi connectivity index (χ1v) is 8.04. The van der Waals surface area contributed by atoms with Crippen LogP contribution in [0, 0.1) is 11.3 Å². The Hall–Kier alpha value is -2.30. The van der Waals surface area contributed by atoms with Crippen molar-refractivity contribution in [2.75, 3.05) is 19.7 Å². The molecule has 23 heavy (non-hydrogen) atoms. The molecule has 1 amide bonds. The molecule has 1 aliphatic carbocycles. The van der Waals surface area contributed by atoms with Gasteiger partial charge in [-0.3, -0.25) is 9.59 Å². The van der Waals surface area contributed by atoms with E-state index in [1.807, 2.05) is 35.2 Å². The summed E-state index contributed by atoms with van der Waals surface area (Å²) >= 11 is 0. The topological polar surface area (TPSA) is 66.8 Å². The molecule has 1 saturated carbocycles. The number of carbonyl (C=O) groups excluding carboxylic acids is 1. The Morgan fingerprint density at radius 1 is 1.22 bits per heavy atom. The Labute approximate surface area is 134 Å². The van der Waals surface area contributed by atoms with Crippen molar-refractivity contribution in [1.82, 2.24) is 4.90 Å². The quantitative estimate of drug-likeness (QED) is 0.909. The van der Waals surface area contributed by atoms with Crippen molar-refractivity contribution in [2.45, 2.75) is 19.3 Å². The van der Waals surface area contributed by atoms with Crippen molar-refractivity contribution in [3.05, 3.63) is 35.4 Å². The summed E-state index contributed by atoms with van der Waals surface area (Å²) in [6.07, 6.45) is 4.26. The van der Waals surface area contributed by atoms with Crippen molar-refractivity contribution in [3.63, 3.8) is 0 Å². The van der Waals surface area contributed by atoms with Gasteiger partial charge in [0, 0.05) is 18.7 Å². The minimum absolute atomic E-state index is 0.0156. The molecule has 0 bridgehead atoms. The van der Waals surface area contributed by atoms with Crippen LogP contribution in [0.2, 0.25) is 0 Å². The summed E-state index contributed by atoms with van der Waals surface area (Å²) < 4.78 is 5.66. The molecule has 1 aromatic rings. The predicted octanol–water partition coefficient (Wildman–Crippen LogP) is 2.18. The van der Waals surface area contributed by atoms with Crippen molar-refractivity contribution < 1.29 is 19.4 Å². The minimum Gasteiger partial charge on any atom is -0.488 e. The van der Waals surface area contributed by atoms with Crippen LogP contribution < -0.4 is 4.74 Å². The van der Waals surface area contributed by atoms with Crippen LogP contribution in [0.5, 0.6) is 5.75 Å². The standard InChI is InChI=1S/C18H19NO4/c20-16(13-9-12-3-1-2-4-15(12)23-11-13)19-7-5-18(6-8-19)10-14(18)17(21)22/h1-4,9,14H,5-8,10-11H2,(H,21,22). The lowest BCUT2D eigenvalue weighted by molar-refractivity contribution is -0.139. The number of para-hydroxylation sites is 1. The summed E-state index contributed by atoms with van der Waals surface area (Å²) in [6, 6.07) is 7.68. The van der Waals surface area contributed by atoms with Crippen molar-refractivity contribution in [1.29, 1.82) is 0 Å². The fourth-order valence-corrected chi connectivity index (χ4v) is 3.85. The normalized spacial score (nSPS) is 24.4. The molecule has 5 nitrogen and oxygen atoms in total. The molecule has 120 valence electrons. The van der Waals surface area contributed by atoms with Gasteiger partial charge in [-0.1, -0.05) is 18.2 Å². The third-order valence-corrected chi connectivity index (χ3v) is 5.44. The average Bonchev–Trinajstić information content (AvgIpc) is 3.28. The zero-order valence-electron chi connectivity index (χ0n) is 12.8. The van der Waals surface area contributed by atoms with Gasteiger partial charge in [-0.15, -0.1) is 0 Å². The summed E-state index contributed by atoms with van der Waals surface area (Å²) in [5.74, 6) is -0.0700. The second-order valence-electron chi connectivity index (χ2n) is 6.75. The van der Waals surface area contributed by atoms with Gasteiger partial charge in [0.2, 0.25) is 0 Å². The van der Waals surface area contributed by atoms with Crippen molar-refractivity contribution >= 4 is 18.0 Å². The highest BCUT2D eigenvalue weighted by molar-refractivity contribution is 5.99. The number of carbonyl (C=O) groups is 2. The van der Waals surface area contributed by atoms with E-state index in [4.69, 9.17) is 9.84 Å². The summed E-state index contributed by atoms with van der Waals surface area (Å²) in [6.45, 7) is 1.58. The highest BCUT2D eigenvalue weighted by atomic mass is 16.5. The average molecular weight is 313 g/mol. The van der Waals surface area contributed by atoms with Crippen LogP contribution in [0.4, 0.5) is 0 Å². The zero-order valence-corrected chi connectivity index (χ0v) is 12.8. The fourth-order valence-electron chi connectivity index (χ4n) is 3.85. The molecule has 1 saturated heterocycles. The number of aliphatic carboxylic acids is 1. The highest BCUT2D eigenvalue weighted by Crippen LogP contribution is 2.59. The van der Waals surface area contributed by atoms with E-state index in [1.165, 1.54) is 0 Å². The first-order chi connectivity index (χ1) is 11.1. The first-order valence-electron chi connectivity index (χ1n) is 8.04. The molecular weight excluding hydrogens is 294 g/mol. The number of hydrogen-bond acceptors (Lipinski definition) is 3. The maximum Gasteiger partial charge on any atom is 0.307 e. The largest absolute Gasteiger partial charge is 0.488 e. The van der Waals surface area contributed by atoms with Crippen LogP contribution in [0.1, 0.15) is 24.8 Å². The molecule has 5 heteroatoms. The molecule has 2 aliphatic heterocycles. The molecule has 2 heterocycles. The van der Waals surface area contributed by atoms with Gasteiger partial charge in [0.15, 0.2) is 0 Å². The van der Waals surface area contributed by atoms with E-state index in [0.717, 1.165) is 30.6 Å². The van der Waals surface area contributed by atoms with Gasteiger partial charge in [-0.05, 0) is 36.8 Å². The Bertz CT molecular complexity index is 701. The van der Waals surface area contributed by atoms with E-state index < -0.39 is 5.97 Å². The van der Waals surface area contributed by atoms with Crippen LogP contribution >= 0.6 is 0 Å². The molecular formula is C18H19NO4. The molecule has 1 unspecified atom stereocenters. The number of likely N-dealkylation sites (tertiary alicyclic amines) is 1. The molecule has 1 aromatic carbocycles. The van der Waals surface area contributed by atoms with E-state index >= 15 is 0 Å². The minimum atomic E-state index is -0.690.